The Morgan fingerprint density at radius 3 is 2.52 bits per heavy atom. The SMILES string of the molecule is CC[C@@H](C(=O)OCC(=O)Nc1cccc(Br)c1)c1ccccc1. The van der Waals surface area contributed by atoms with Crippen LogP contribution in [0.25, 0.3) is 0 Å². The summed E-state index contributed by atoms with van der Waals surface area (Å²) in [5.41, 5.74) is 1.54. The van der Waals surface area contributed by atoms with Gasteiger partial charge in [-0.05, 0) is 30.2 Å². The van der Waals surface area contributed by atoms with E-state index in [0.717, 1.165) is 10.0 Å². The molecule has 0 aliphatic carbocycles. The van der Waals surface area contributed by atoms with Gasteiger partial charge in [0.25, 0.3) is 5.91 Å². The molecule has 1 amide bonds. The standard InChI is InChI=1S/C18H18BrNO3/c1-2-16(13-7-4-3-5-8-13)18(22)23-12-17(21)20-15-10-6-9-14(19)11-15/h3-11,16H,2,12H2,1H3,(H,20,21)/t16-/m1/s1. The lowest BCUT2D eigenvalue weighted by Gasteiger charge is -2.14. The number of benzene rings is 2. The van der Waals surface area contributed by atoms with Crippen molar-refractivity contribution in [3.63, 3.8) is 0 Å². The second-order valence-corrected chi connectivity index (χ2v) is 5.95. The van der Waals surface area contributed by atoms with E-state index in [1.807, 2.05) is 49.4 Å². The quantitative estimate of drug-likeness (QED) is 0.772. The number of rotatable bonds is 6. The third-order valence-corrected chi connectivity index (χ3v) is 3.84. The normalized spacial score (nSPS) is 11.6. The molecule has 0 heterocycles. The Hall–Kier alpha value is -2.14. The van der Waals surface area contributed by atoms with Gasteiger partial charge in [-0.25, -0.2) is 0 Å². The Bertz CT molecular complexity index is 673. The van der Waals surface area contributed by atoms with Crippen molar-refractivity contribution in [1.29, 1.82) is 0 Å². The maximum absolute atomic E-state index is 12.2. The Balaban J connectivity index is 1.89. The average molecular weight is 376 g/mol. The van der Waals surface area contributed by atoms with Gasteiger partial charge in [0.05, 0.1) is 5.92 Å². The summed E-state index contributed by atoms with van der Waals surface area (Å²) >= 11 is 3.33. The molecule has 0 saturated carbocycles. The summed E-state index contributed by atoms with van der Waals surface area (Å²) in [4.78, 5) is 24.0. The minimum Gasteiger partial charge on any atom is -0.455 e. The van der Waals surface area contributed by atoms with E-state index < -0.39 is 0 Å². The maximum Gasteiger partial charge on any atom is 0.313 e. The molecular formula is C18H18BrNO3. The molecule has 5 heteroatoms. The largest absolute Gasteiger partial charge is 0.455 e. The molecule has 0 fully saturated rings. The van der Waals surface area contributed by atoms with Crippen molar-refractivity contribution >= 4 is 33.5 Å². The summed E-state index contributed by atoms with van der Waals surface area (Å²) < 4.78 is 6.01. The van der Waals surface area contributed by atoms with E-state index in [0.29, 0.717) is 12.1 Å². The summed E-state index contributed by atoms with van der Waals surface area (Å²) in [5, 5.41) is 2.69. The maximum atomic E-state index is 12.2. The van der Waals surface area contributed by atoms with Crippen LogP contribution in [-0.2, 0) is 14.3 Å². The van der Waals surface area contributed by atoms with Gasteiger partial charge in [-0.15, -0.1) is 0 Å². The molecule has 0 saturated heterocycles. The molecule has 0 spiro atoms. The molecule has 0 aliphatic rings. The molecule has 0 aliphatic heterocycles. The van der Waals surface area contributed by atoms with Gasteiger partial charge in [0.2, 0.25) is 0 Å². The average Bonchev–Trinajstić information content (AvgIpc) is 2.55. The Morgan fingerprint density at radius 2 is 1.87 bits per heavy atom. The predicted molar refractivity (Wildman–Crippen MR) is 93.2 cm³/mol. The van der Waals surface area contributed by atoms with Gasteiger partial charge in [0.15, 0.2) is 6.61 Å². The van der Waals surface area contributed by atoms with Crippen molar-refractivity contribution in [2.75, 3.05) is 11.9 Å². The highest BCUT2D eigenvalue weighted by atomic mass is 79.9. The van der Waals surface area contributed by atoms with Crippen molar-refractivity contribution in [2.45, 2.75) is 19.3 Å². The zero-order valence-corrected chi connectivity index (χ0v) is 14.4. The fraction of sp³-hybridized carbons (Fsp3) is 0.222. The minimum absolute atomic E-state index is 0.297. The van der Waals surface area contributed by atoms with Crippen LogP contribution < -0.4 is 5.32 Å². The van der Waals surface area contributed by atoms with Crippen LogP contribution in [-0.4, -0.2) is 18.5 Å². The molecule has 2 aromatic carbocycles. The molecule has 0 bridgehead atoms. The van der Waals surface area contributed by atoms with Crippen molar-refractivity contribution < 1.29 is 14.3 Å². The first kappa shape index (κ1) is 17.2. The van der Waals surface area contributed by atoms with E-state index in [1.54, 1.807) is 12.1 Å². The minimum atomic E-state index is -0.386. The fourth-order valence-electron chi connectivity index (χ4n) is 2.22. The van der Waals surface area contributed by atoms with Crippen molar-refractivity contribution in [3.8, 4) is 0 Å². The number of nitrogens with one attached hydrogen (secondary N) is 1. The third-order valence-electron chi connectivity index (χ3n) is 3.35. The van der Waals surface area contributed by atoms with E-state index in [2.05, 4.69) is 21.2 Å². The molecule has 1 atom stereocenters. The highest BCUT2D eigenvalue weighted by Crippen LogP contribution is 2.21. The smallest absolute Gasteiger partial charge is 0.313 e. The summed E-state index contributed by atoms with van der Waals surface area (Å²) in [6.07, 6.45) is 0.621. The number of hydrogen-bond donors (Lipinski definition) is 1. The number of esters is 1. The summed E-state index contributed by atoms with van der Waals surface area (Å²) in [6, 6.07) is 16.6. The van der Waals surface area contributed by atoms with Gasteiger partial charge < -0.3 is 10.1 Å². The molecular weight excluding hydrogens is 358 g/mol. The van der Waals surface area contributed by atoms with Gasteiger partial charge in [0, 0.05) is 10.2 Å². The first-order valence-corrected chi connectivity index (χ1v) is 8.16. The Kier molecular flexibility index (Phi) is 6.35. The number of anilines is 1. The molecule has 0 aromatic heterocycles. The van der Waals surface area contributed by atoms with Crippen LogP contribution in [0.5, 0.6) is 0 Å². The first-order chi connectivity index (χ1) is 11.1. The van der Waals surface area contributed by atoms with Crippen LogP contribution in [0.2, 0.25) is 0 Å². The second kappa shape index (κ2) is 8.48. The van der Waals surface area contributed by atoms with E-state index in [4.69, 9.17) is 4.74 Å². The predicted octanol–water partition coefficient (Wildman–Crippen LogP) is 4.12. The molecule has 4 nitrogen and oxygen atoms in total. The summed E-state index contributed by atoms with van der Waals surface area (Å²) in [5.74, 6) is -1.10. The van der Waals surface area contributed by atoms with Gasteiger partial charge in [-0.2, -0.15) is 0 Å². The lowest BCUT2D eigenvalue weighted by molar-refractivity contribution is -0.149. The first-order valence-electron chi connectivity index (χ1n) is 7.37. The zero-order chi connectivity index (χ0) is 16.7. The van der Waals surface area contributed by atoms with Crippen molar-refractivity contribution in [2.24, 2.45) is 0 Å². The Morgan fingerprint density at radius 1 is 1.13 bits per heavy atom. The van der Waals surface area contributed by atoms with Crippen LogP contribution in [0.4, 0.5) is 5.69 Å². The van der Waals surface area contributed by atoms with E-state index in [1.165, 1.54) is 0 Å². The van der Waals surface area contributed by atoms with E-state index >= 15 is 0 Å². The summed E-state index contributed by atoms with van der Waals surface area (Å²) in [7, 11) is 0. The molecule has 23 heavy (non-hydrogen) atoms. The molecule has 0 radical (unpaired) electrons. The number of hydrogen-bond acceptors (Lipinski definition) is 3. The monoisotopic (exact) mass is 375 g/mol. The lowest BCUT2D eigenvalue weighted by Crippen LogP contribution is -2.23. The van der Waals surface area contributed by atoms with Gasteiger partial charge in [-0.3, -0.25) is 9.59 Å². The van der Waals surface area contributed by atoms with Crippen molar-refractivity contribution in [3.05, 3.63) is 64.6 Å². The van der Waals surface area contributed by atoms with Gasteiger partial charge in [0.1, 0.15) is 0 Å². The number of halogens is 1. The van der Waals surface area contributed by atoms with Crippen LogP contribution in [0, 0.1) is 0 Å². The zero-order valence-electron chi connectivity index (χ0n) is 12.8. The summed E-state index contributed by atoms with van der Waals surface area (Å²) in [6.45, 7) is 1.62. The molecule has 1 N–H and O–H groups in total. The lowest BCUT2D eigenvalue weighted by atomic mass is 9.97. The molecule has 0 unspecified atom stereocenters. The van der Waals surface area contributed by atoms with Crippen LogP contribution in [0.15, 0.2) is 59.1 Å². The number of ether oxygens (including phenoxy) is 1. The molecule has 120 valence electrons. The molecule has 2 aromatic rings. The topological polar surface area (TPSA) is 55.4 Å². The van der Waals surface area contributed by atoms with E-state index in [-0.39, 0.29) is 24.4 Å². The number of carbonyl (C=O) groups excluding carboxylic acids is 2. The fourth-order valence-corrected chi connectivity index (χ4v) is 2.62. The highest BCUT2D eigenvalue weighted by Gasteiger charge is 2.20. The van der Waals surface area contributed by atoms with Gasteiger partial charge >= 0.3 is 5.97 Å². The number of carbonyl (C=O) groups is 2. The van der Waals surface area contributed by atoms with Crippen LogP contribution in [0.1, 0.15) is 24.8 Å². The highest BCUT2D eigenvalue weighted by molar-refractivity contribution is 9.10. The van der Waals surface area contributed by atoms with Gasteiger partial charge in [-0.1, -0.05) is 59.3 Å². The van der Waals surface area contributed by atoms with E-state index in [9.17, 15) is 9.59 Å². The van der Waals surface area contributed by atoms with Crippen molar-refractivity contribution in [1.82, 2.24) is 0 Å². The number of amides is 1. The van der Waals surface area contributed by atoms with Crippen LogP contribution in [0.3, 0.4) is 0 Å². The Labute approximate surface area is 144 Å². The second-order valence-electron chi connectivity index (χ2n) is 5.04. The molecule has 2 rings (SSSR count). The third kappa shape index (κ3) is 5.21. The van der Waals surface area contributed by atoms with Crippen LogP contribution >= 0.6 is 15.9 Å².